The first-order valence-electron chi connectivity index (χ1n) is 8.91. The molecule has 136 valence electrons. The highest BCUT2D eigenvalue weighted by molar-refractivity contribution is 6.08. The third-order valence-corrected chi connectivity index (χ3v) is 4.86. The Kier molecular flexibility index (Phi) is 3.69. The number of benzene rings is 3. The van der Waals surface area contributed by atoms with Crippen LogP contribution in [-0.2, 0) is 0 Å². The van der Waals surface area contributed by atoms with Crippen LogP contribution in [0.2, 0.25) is 0 Å². The minimum atomic E-state index is -0.400. The number of hydrogen-bond acceptors (Lipinski definition) is 2. The zero-order chi connectivity index (χ0) is 19.3. The minimum absolute atomic E-state index is 0.267. The molecule has 0 unspecified atom stereocenters. The Morgan fingerprint density at radius 1 is 0.857 bits per heavy atom. The first kappa shape index (κ1) is 16.6. The topological polar surface area (TPSA) is 30.7 Å². The van der Waals surface area contributed by atoms with Crippen molar-refractivity contribution in [3.63, 3.8) is 0 Å². The number of pyridine rings is 1. The molecular formula is C23H15F2N3. The summed E-state index contributed by atoms with van der Waals surface area (Å²) < 4.78 is 29.9. The van der Waals surface area contributed by atoms with Crippen molar-refractivity contribution >= 4 is 21.8 Å². The first-order valence-corrected chi connectivity index (χ1v) is 8.91. The Morgan fingerprint density at radius 3 is 2.43 bits per heavy atom. The maximum absolute atomic E-state index is 14.3. The molecule has 3 aromatic carbocycles. The number of nitrogens with zero attached hydrogens (tertiary/aromatic N) is 3. The third-order valence-electron chi connectivity index (χ3n) is 4.86. The number of aromatic nitrogens is 3. The van der Waals surface area contributed by atoms with Gasteiger partial charge in [-0.25, -0.2) is 13.5 Å². The van der Waals surface area contributed by atoms with Crippen molar-refractivity contribution in [3.05, 3.63) is 90.1 Å². The zero-order valence-corrected chi connectivity index (χ0v) is 15.0. The maximum Gasteiger partial charge on any atom is 0.149 e. The first-order chi connectivity index (χ1) is 13.6. The van der Waals surface area contributed by atoms with E-state index in [1.54, 1.807) is 29.1 Å². The molecule has 5 aromatic rings. The van der Waals surface area contributed by atoms with E-state index in [4.69, 9.17) is 5.10 Å². The molecule has 2 heterocycles. The molecule has 0 saturated heterocycles. The standard InChI is InChI=1S/C23H15F2N3/c1-14-8-10-15(11-9-14)21-19-13-26-22-18(6-3-7-20(22)25)23(19)28(27-21)17-5-2-4-16(24)12-17/h2-13H,1H3. The van der Waals surface area contributed by atoms with E-state index < -0.39 is 5.82 Å². The lowest BCUT2D eigenvalue weighted by Crippen LogP contribution is -1.98. The van der Waals surface area contributed by atoms with Gasteiger partial charge in [0.1, 0.15) is 22.8 Å². The summed E-state index contributed by atoms with van der Waals surface area (Å²) in [4.78, 5) is 4.33. The van der Waals surface area contributed by atoms with Crippen molar-refractivity contribution in [1.29, 1.82) is 0 Å². The Bertz CT molecular complexity index is 1340. The Balaban J connectivity index is 1.92. The van der Waals surface area contributed by atoms with Crippen LogP contribution in [0.4, 0.5) is 8.78 Å². The maximum atomic E-state index is 14.3. The highest BCUT2D eigenvalue weighted by Gasteiger charge is 2.18. The third kappa shape index (κ3) is 2.55. The van der Waals surface area contributed by atoms with Gasteiger partial charge in [-0.05, 0) is 31.2 Å². The fraction of sp³-hybridized carbons (Fsp3) is 0.0435. The number of aryl methyl sites for hydroxylation is 1. The van der Waals surface area contributed by atoms with E-state index in [0.29, 0.717) is 16.6 Å². The molecule has 5 heteroatoms. The van der Waals surface area contributed by atoms with Gasteiger partial charge in [-0.3, -0.25) is 4.98 Å². The van der Waals surface area contributed by atoms with Crippen LogP contribution in [0, 0.1) is 18.6 Å². The second-order valence-corrected chi connectivity index (χ2v) is 6.76. The van der Waals surface area contributed by atoms with Crippen molar-refractivity contribution < 1.29 is 8.78 Å². The van der Waals surface area contributed by atoms with Crippen LogP contribution in [0.15, 0.2) is 72.9 Å². The van der Waals surface area contributed by atoms with Crippen LogP contribution in [0.1, 0.15) is 5.56 Å². The van der Waals surface area contributed by atoms with Crippen molar-refractivity contribution in [2.24, 2.45) is 0 Å². The molecule has 0 atom stereocenters. The summed E-state index contributed by atoms with van der Waals surface area (Å²) in [6.45, 7) is 2.02. The molecule has 0 fully saturated rings. The normalized spacial score (nSPS) is 11.4. The molecule has 2 aromatic heterocycles. The molecule has 0 bridgehead atoms. The van der Waals surface area contributed by atoms with Gasteiger partial charge in [-0.15, -0.1) is 0 Å². The van der Waals surface area contributed by atoms with Crippen LogP contribution in [-0.4, -0.2) is 14.8 Å². The lowest BCUT2D eigenvalue weighted by atomic mass is 10.1. The molecule has 0 amide bonds. The molecule has 5 rings (SSSR count). The minimum Gasteiger partial charge on any atom is -0.252 e. The van der Waals surface area contributed by atoms with Crippen LogP contribution < -0.4 is 0 Å². The molecule has 28 heavy (non-hydrogen) atoms. The van der Waals surface area contributed by atoms with E-state index in [0.717, 1.165) is 22.2 Å². The van der Waals surface area contributed by atoms with Crippen LogP contribution in [0.25, 0.3) is 38.8 Å². The average Bonchev–Trinajstić information content (AvgIpc) is 3.09. The van der Waals surface area contributed by atoms with E-state index in [-0.39, 0.29) is 11.3 Å². The van der Waals surface area contributed by atoms with Crippen LogP contribution >= 0.6 is 0 Å². The number of hydrogen-bond donors (Lipinski definition) is 0. The fourth-order valence-electron chi connectivity index (χ4n) is 3.50. The molecule has 0 spiro atoms. The molecule has 0 saturated carbocycles. The quantitative estimate of drug-likeness (QED) is 0.391. The van der Waals surface area contributed by atoms with E-state index in [1.807, 2.05) is 37.3 Å². The summed E-state index contributed by atoms with van der Waals surface area (Å²) in [7, 11) is 0. The second-order valence-electron chi connectivity index (χ2n) is 6.76. The Labute approximate surface area is 159 Å². The van der Waals surface area contributed by atoms with E-state index in [9.17, 15) is 8.78 Å². The Morgan fingerprint density at radius 2 is 1.64 bits per heavy atom. The zero-order valence-electron chi connectivity index (χ0n) is 15.0. The smallest absolute Gasteiger partial charge is 0.149 e. The number of para-hydroxylation sites is 1. The van der Waals surface area contributed by atoms with Crippen LogP contribution in [0.3, 0.4) is 0 Å². The van der Waals surface area contributed by atoms with Gasteiger partial charge in [-0.2, -0.15) is 5.10 Å². The lowest BCUT2D eigenvalue weighted by Gasteiger charge is -2.06. The van der Waals surface area contributed by atoms with Crippen molar-refractivity contribution in [1.82, 2.24) is 14.8 Å². The monoisotopic (exact) mass is 371 g/mol. The molecular weight excluding hydrogens is 356 g/mol. The molecule has 0 aliphatic rings. The summed E-state index contributed by atoms with van der Waals surface area (Å²) >= 11 is 0. The van der Waals surface area contributed by atoms with Gasteiger partial charge in [0, 0.05) is 22.5 Å². The van der Waals surface area contributed by atoms with E-state index in [2.05, 4.69) is 4.98 Å². The summed E-state index contributed by atoms with van der Waals surface area (Å²) in [5.41, 5.74) is 4.32. The van der Waals surface area contributed by atoms with E-state index >= 15 is 0 Å². The van der Waals surface area contributed by atoms with Gasteiger partial charge in [0.05, 0.1) is 11.2 Å². The van der Waals surface area contributed by atoms with Gasteiger partial charge in [0.15, 0.2) is 0 Å². The van der Waals surface area contributed by atoms with Gasteiger partial charge >= 0.3 is 0 Å². The van der Waals surface area contributed by atoms with Gasteiger partial charge in [-0.1, -0.05) is 48.0 Å². The van der Waals surface area contributed by atoms with Crippen molar-refractivity contribution in [2.75, 3.05) is 0 Å². The molecule has 0 N–H and O–H groups in total. The summed E-state index contributed by atoms with van der Waals surface area (Å²) in [5.74, 6) is -0.758. The molecule has 0 radical (unpaired) electrons. The number of fused-ring (bicyclic) bond motifs is 3. The van der Waals surface area contributed by atoms with Crippen LogP contribution in [0.5, 0.6) is 0 Å². The Hall–Kier alpha value is -3.60. The number of halogens is 2. The molecule has 0 aliphatic heterocycles. The van der Waals surface area contributed by atoms with Gasteiger partial charge in [0.2, 0.25) is 0 Å². The average molecular weight is 371 g/mol. The fourth-order valence-corrected chi connectivity index (χ4v) is 3.50. The van der Waals surface area contributed by atoms with Gasteiger partial charge in [0.25, 0.3) is 0 Å². The summed E-state index contributed by atoms with van der Waals surface area (Å²) in [6.07, 6.45) is 1.64. The second kappa shape index (κ2) is 6.23. The van der Waals surface area contributed by atoms with E-state index in [1.165, 1.54) is 18.2 Å². The largest absolute Gasteiger partial charge is 0.252 e. The summed E-state index contributed by atoms with van der Waals surface area (Å²) in [6, 6.07) is 19.0. The molecule has 0 aliphatic carbocycles. The highest BCUT2D eigenvalue weighted by Crippen LogP contribution is 2.34. The molecule has 3 nitrogen and oxygen atoms in total. The predicted octanol–water partition coefficient (Wildman–Crippen LogP) is 5.83. The van der Waals surface area contributed by atoms with Gasteiger partial charge < -0.3 is 0 Å². The SMILES string of the molecule is Cc1ccc(-c2nn(-c3cccc(F)c3)c3c2cnc2c(F)cccc23)cc1. The summed E-state index contributed by atoms with van der Waals surface area (Å²) in [5, 5.41) is 6.18. The van der Waals surface area contributed by atoms with Crippen molar-refractivity contribution in [2.45, 2.75) is 6.92 Å². The lowest BCUT2D eigenvalue weighted by molar-refractivity contribution is 0.626. The predicted molar refractivity (Wildman–Crippen MR) is 106 cm³/mol. The highest BCUT2D eigenvalue weighted by atomic mass is 19.1. The number of rotatable bonds is 2. The van der Waals surface area contributed by atoms with Crippen molar-refractivity contribution in [3.8, 4) is 16.9 Å².